The number of hydrogen-bond donors (Lipinski definition) is 2. The molecule has 0 atom stereocenters. The molecule has 0 spiro atoms. The minimum absolute atomic E-state index is 0.0716. The van der Waals surface area contributed by atoms with Crippen molar-refractivity contribution in [2.45, 2.75) is 70.6 Å². The number of thiazole rings is 1. The van der Waals surface area contributed by atoms with E-state index in [2.05, 4.69) is 22.2 Å². The number of nitrogens with one attached hydrogen (secondary N) is 1. The van der Waals surface area contributed by atoms with Crippen LogP contribution in [0.5, 0.6) is 0 Å². The first-order valence-electron chi connectivity index (χ1n) is 11.5. The molecule has 3 rings (SSSR count). The van der Waals surface area contributed by atoms with Gasteiger partial charge >= 0.3 is 5.97 Å². The Morgan fingerprint density at radius 3 is 2.59 bits per heavy atom. The van der Waals surface area contributed by atoms with E-state index in [9.17, 15) is 14.4 Å². The fraction of sp³-hybridized carbons (Fsp3) is 0.583. The van der Waals surface area contributed by atoms with Gasteiger partial charge in [0.2, 0.25) is 0 Å². The smallest absolute Gasteiger partial charge is 0.309 e. The first-order chi connectivity index (χ1) is 15.5. The monoisotopic (exact) mass is 459 g/mol. The number of rotatable bonds is 9. The Bertz CT molecular complexity index is 884. The van der Waals surface area contributed by atoms with Gasteiger partial charge in [-0.1, -0.05) is 25.7 Å². The standard InChI is InChI=1S/C24H33N3O4S/c1-27(14-17-8-6-7-9-17)21-11-5-3-2-4-10-18(21)12-19(15-28)23(31)26-24-25-20(16-32-24)13-22(29)30/h12,15-17H,2-11,13-14H2,1H3,(H,29,30)(H,25,26,31)/b19-12+,21-18-. The van der Waals surface area contributed by atoms with Gasteiger partial charge in [0.25, 0.3) is 5.91 Å². The summed E-state index contributed by atoms with van der Waals surface area (Å²) < 4.78 is 0. The number of carboxylic acids is 1. The fourth-order valence-corrected chi connectivity index (χ4v) is 5.36. The van der Waals surface area contributed by atoms with E-state index in [-0.39, 0.29) is 12.0 Å². The number of aldehydes is 1. The molecule has 0 aliphatic heterocycles. The Morgan fingerprint density at radius 2 is 1.91 bits per heavy atom. The van der Waals surface area contributed by atoms with Crippen LogP contribution < -0.4 is 5.32 Å². The Hall–Kier alpha value is -2.48. The third kappa shape index (κ3) is 7.02. The molecule has 0 aromatic carbocycles. The minimum atomic E-state index is -0.980. The molecule has 0 radical (unpaired) electrons. The van der Waals surface area contributed by atoms with E-state index in [1.165, 1.54) is 37.8 Å². The van der Waals surface area contributed by atoms with E-state index in [1.807, 2.05) is 0 Å². The lowest BCUT2D eigenvalue weighted by Crippen LogP contribution is -2.26. The lowest BCUT2D eigenvalue weighted by molar-refractivity contribution is -0.136. The summed E-state index contributed by atoms with van der Waals surface area (Å²) in [6.07, 6.45) is 13.7. The van der Waals surface area contributed by atoms with Crippen molar-refractivity contribution < 1.29 is 19.5 Å². The largest absolute Gasteiger partial charge is 0.481 e. The van der Waals surface area contributed by atoms with Crippen molar-refractivity contribution in [1.29, 1.82) is 0 Å². The van der Waals surface area contributed by atoms with Crippen molar-refractivity contribution >= 4 is 34.6 Å². The van der Waals surface area contributed by atoms with Gasteiger partial charge in [0, 0.05) is 24.7 Å². The molecular formula is C24H33N3O4S. The van der Waals surface area contributed by atoms with Crippen LogP contribution in [-0.2, 0) is 20.8 Å². The van der Waals surface area contributed by atoms with Gasteiger partial charge in [0.05, 0.1) is 17.7 Å². The quantitative estimate of drug-likeness (QED) is 0.243. The predicted octanol–water partition coefficient (Wildman–Crippen LogP) is 4.56. The Balaban J connectivity index is 1.79. The molecule has 1 heterocycles. The van der Waals surface area contributed by atoms with Crippen molar-refractivity contribution in [3.8, 4) is 0 Å². The van der Waals surface area contributed by atoms with Gasteiger partial charge in [-0.15, -0.1) is 11.3 Å². The zero-order valence-electron chi connectivity index (χ0n) is 18.8. The lowest BCUT2D eigenvalue weighted by Gasteiger charge is -2.29. The predicted molar refractivity (Wildman–Crippen MR) is 126 cm³/mol. The molecule has 2 N–H and O–H groups in total. The third-order valence-corrected chi connectivity index (χ3v) is 7.08. The highest BCUT2D eigenvalue weighted by molar-refractivity contribution is 7.14. The summed E-state index contributed by atoms with van der Waals surface area (Å²) in [6.45, 7) is 1.03. The molecule has 0 bridgehead atoms. The molecule has 2 aliphatic rings. The molecule has 1 aromatic heterocycles. The maximum atomic E-state index is 12.8. The molecule has 1 saturated carbocycles. The van der Waals surface area contributed by atoms with Crippen LogP contribution in [0.3, 0.4) is 0 Å². The molecule has 174 valence electrons. The van der Waals surface area contributed by atoms with Gasteiger partial charge in [0.15, 0.2) is 11.4 Å². The molecule has 7 nitrogen and oxygen atoms in total. The second-order valence-corrected chi connectivity index (χ2v) is 9.66. The van der Waals surface area contributed by atoms with E-state index in [0.29, 0.717) is 17.1 Å². The molecule has 1 amide bonds. The van der Waals surface area contributed by atoms with Crippen LogP contribution in [0.1, 0.15) is 69.9 Å². The van der Waals surface area contributed by atoms with Gasteiger partial charge in [-0.2, -0.15) is 0 Å². The first kappa shape index (κ1) is 24.2. The number of allylic oxidation sites excluding steroid dienone is 3. The van der Waals surface area contributed by atoms with Gasteiger partial charge < -0.3 is 10.0 Å². The Labute approximate surface area is 193 Å². The molecule has 1 fully saturated rings. The SMILES string of the molecule is CN(CC1CCCC1)/C1=C(\C=C(/C=O)C(=O)Nc2nc(CC(=O)O)cs2)CCCCCC1. The van der Waals surface area contributed by atoms with Crippen molar-refractivity contribution in [1.82, 2.24) is 9.88 Å². The van der Waals surface area contributed by atoms with Crippen LogP contribution in [0, 0.1) is 5.92 Å². The van der Waals surface area contributed by atoms with Crippen LogP contribution in [0.15, 0.2) is 28.3 Å². The second kappa shape index (κ2) is 11.9. The Kier molecular flexibility index (Phi) is 9.02. The summed E-state index contributed by atoms with van der Waals surface area (Å²) in [5, 5.41) is 13.4. The summed E-state index contributed by atoms with van der Waals surface area (Å²) in [6, 6.07) is 0. The molecule has 2 aliphatic carbocycles. The molecule has 0 unspecified atom stereocenters. The van der Waals surface area contributed by atoms with E-state index in [4.69, 9.17) is 5.11 Å². The zero-order valence-corrected chi connectivity index (χ0v) is 19.6. The van der Waals surface area contributed by atoms with Crippen molar-refractivity contribution in [2.75, 3.05) is 18.9 Å². The second-order valence-electron chi connectivity index (χ2n) is 8.80. The average molecular weight is 460 g/mol. The van der Waals surface area contributed by atoms with Crippen LogP contribution in [-0.4, -0.2) is 46.7 Å². The summed E-state index contributed by atoms with van der Waals surface area (Å²) in [5.74, 6) is -0.766. The highest BCUT2D eigenvalue weighted by Gasteiger charge is 2.21. The number of aromatic nitrogens is 1. The van der Waals surface area contributed by atoms with Crippen LogP contribution in [0.25, 0.3) is 0 Å². The van der Waals surface area contributed by atoms with Gasteiger partial charge in [-0.05, 0) is 56.1 Å². The average Bonchev–Trinajstić information content (AvgIpc) is 3.39. The highest BCUT2D eigenvalue weighted by atomic mass is 32.1. The van der Waals surface area contributed by atoms with Crippen LogP contribution >= 0.6 is 11.3 Å². The number of carboxylic acid groups (broad SMARTS) is 1. The van der Waals surface area contributed by atoms with E-state index < -0.39 is 11.9 Å². The van der Waals surface area contributed by atoms with Gasteiger partial charge in [0.1, 0.15) is 0 Å². The molecule has 32 heavy (non-hydrogen) atoms. The number of anilines is 1. The highest BCUT2D eigenvalue weighted by Crippen LogP contribution is 2.31. The van der Waals surface area contributed by atoms with Gasteiger partial charge in [-0.25, -0.2) is 4.98 Å². The molecule has 1 aromatic rings. The molecule has 0 saturated heterocycles. The normalized spacial score (nSPS) is 20.5. The van der Waals surface area contributed by atoms with Crippen molar-refractivity contribution in [3.63, 3.8) is 0 Å². The first-order valence-corrected chi connectivity index (χ1v) is 12.4. The maximum absolute atomic E-state index is 12.8. The van der Waals surface area contributed by atoms with E-state index in [0.717, 1.165) is 61.5 Å². The number of hydrogen-bond acceptors (Lipinski definition) is 6. The van der Waals surface area contributed by atoms with E-state index in [1.54, 1.807) is 11.5 Å². The fourth-order valence-electron chi connectivity index (χ4n) is 4.66. The van der Waals surface area contributed by atoms with Crippen molar-refractivity contribution in [3.05, 3.63) is 34.0 Å². The lowest BCUT2D eigenvalue weighted by atomic mass is 9.94. The molecular weight excluding hydrogens is 426 g/mol. The molecule has 8 heteroatoms. The maximum Gasteiger partial charge on any atom is 0.309 e. The third-order valence-electron chi connectivity index (χ3n) is 6.27. The zero-order chi connectivity index (χ0) is 22.9. The number of amides is 1. The van der Waals surface area contributed by atoms with Crippen molar-refractivity contribution in [2.24, 2.45) is 5.92 Å². The Morgan fingerprint density at radius 1 is 1.19 bits per heavy atom. The minimum Gasteiger partial charge on any atom is -0.481 e. The summed E-state index contributed by atoms with van der Waals surface area (Å²) in [5.41, 5.74) is 2.78. The number of nitrogens with zero attached hydrogens (tertiary/aromatic N) is 2. The van der Waals surface area contributed by atoms with E-state index >= 15 is 0 Å². The van der Waals surface area contributed by atoms with Gasteiger partial charge in [-0.3, -0.25) is 19.7 Å². The van der Waals surface area contributed by atoms with Crippen LogP contribution in [0.2, 0.25) is 0 Å². The summed E-state index contributed by atoms with van der Waals surface area (Å²) >= 11 is 1.15. The number of carbonyl (C=O) groups is 3. The number of aliphatic carboxylic acids is 1. The topological polar surface area (TPSA) is 99.6 Å². The van der Waals surface area contributed by atoms with Crippen LogP contribution in [0.4, 0.5) is 5.13 Å². The summed E-state index contributed by atoms with van der Waals surface area (Å²) in [4.78, 5) is 41.9. The number of carbonyl (C=O) groups excluding carboxylic acids is 2. The summed E-state index contributed by atoms with van der Waals surface area (Å²) in [7, 11) is 2.14.